The van der Waals surface area contributed by atoms with Crippen LogP contribution in [0.4, 0.5) is 0 Å². The molecule has 4 saturated carbocycles. The Bertz CT molecular complexity index is 791. The van der Waals surface area contributed by atoms with Crippen LogP contribution >= 0.6 is 0 Å². The third kappa shape index (κ3) is 3.58. The molecule has 0 atom stereocenters. The Balaban J connectivity index is 1.29. The van der Waals surface area contributed by atoms with Gasteiger partial charge in [-0.15, -0.1) is 0 Å². The minimum atomic E-state index is -0.436. The summed E-state index contributed by atoms with van der Waals surface area (Å²) < 4.78 is 10.5. The molecule has 4 bridgehead atoms. The molecule has 4 aliphatic rings. The molecule has 1 N–H and O–H groups in total. The summed E-state index contributed by atoms with van der Waals surface area (Å²) in [4.78, 5) is 25.1. The first kappa shape index (κ1) is 18.8. The molecule has 1 amide bonds. The molecule has 4 aliphatic carbocycles. The average molecular weight is 382 g/mol. The van der Waals surface area contributed by atoms with Gasteiger partial charge in [0.05, 0.1) is 25.2 Å². The zero-order valence-electron chi connectivity index (χ0n) is 16.2. The Morgan fingerprint density at radius 3 is 2.36 bits per heavy atom. The molecule has 0 aliphatic heterocycles. The normalized spacial score (nSPS) is 29.8. The fraction of sp³-hybridized carbons (Fsp3) is 0.591. The fourth-order valence-electron chi connectivity index (χ4n) is 5.85. The average Bonchev–Trinajstić information content (AvgIpc) is 2.67. The van der Waals surface area contributed by atoms with Crippen LogP contribution in [0.25, 0.3) is 0 Å². The van der Waals surface area contributed by atoms with Crippen LogP contribution in [0, 0.1) is 34.5 Å². The number of benzene rings is 1. The molecule has 6 heteroatoms. The highest BCUT2D eigenvalue weighted by molar-refractivity contribution is 5.83. The van der Waals surface area contributed by atoms with Crippen molar-refractivity contribution in [1.82, 2.24) is 5.32 Å². The molecule has 0 radical (unpaired) electrons. The maximum atomic E-state index is 12.9. The first-order valence-corrected chi connectivity index (χ1v) is 10.1. The number of nitriles is 1. The van der Waals surface area contributed by atoms with Gasteiger partial charge in [0.2, 0.25) is 5.91 Å². The number of rotatable bonds is 6. The van der Waals surface area contributed by atoms with Gasteiger partial charge in [-0.25, -0.2) is 0 Å². The lowest BCUT2D eigenvalue weighted by Crippen LogP contribution is -2.53. The highest BCUT2D eigenvalue weighted by atomic mass is 16.6. The van der Waals surface area contributed by atoms with Gasteiger partial charge in [0.25, 0.3) is 0 Å². The van der Waals surface area contributed by atoms with E-state index in [0.717, 1.165) is 19.3 Å². The van der Waals surface area contributed by atoms with Gasteiger partial charge in [0.15, 0.2) is 11.5 Å². The standard InChI is InChI=1S/C22H26N2O4/c1-27-19-9-14(13-23)2-3-18(19)28-20(25)4-5-24-21(26)22-10-15-6-16(11-22)8-17(7-15)12-22/h2-3,9,15-17H,4-8,10-12H2,1H3,(H,24,26). The van der Waals surface area contributed by atoms with Crippen molar-refractivity contribution in [3.63, 3.8) is 0 Å². The Labute approximate surface area is 165 Å². The summed E-state index contributed by atoms with van der Waals surface area (Å²) in [6, 6.07) is 6.65. The third-order valence-corrected chi connectivity index (χ3v) is 6.65. The molecular weight excluding hydrogens is 356 g/mol. The Morgan fingerprint density at radius 2 is 1.79 bits per heavy atom. The smallest absolute Gasteiger partial charge is 0.313 e. The number of esters is 1. The van der Waals surface area contributed by atoms with Gasteiger partial charge in [-0.1, -0.05) is 0 Å². The Kier molecular flexibility index (Phi) is 5.01. The molecule has 5 rings (SSSR count). The van der Waals surface area contributed by atoms with E-state index >= 15 is 0 Å². The van der Waals surface area contributed by atoms with Crippen LogP contribution in [0.5, 0.6) is 11.5 Å². The minimum Gasteiger partial charge on any atom is -0.493 e. The van der Waals surface area contributed by atoms with Crippen molar-refractivity contribution in [3.05, 3.63) is 23.8 Å². The van der Waals surface area contributed by atoms with E-state index in [0.29, 0.717) is 29.1 Å². The number of hydrogen-bond acceptors (Lipinski definition) is 5. The second-order valence-corrected chi connectivity index (χ2v) is 8.66. The van der Waals surface area contributed by atoms with Gasteiger partial charge in [-0.2, -0.15) is 5.26 Å². The highest BCUT2D eigenvalue weighted by Crippen LogP contribution is 2.60. The third-order valence-electron chi connectivity index (χ3n) is 6.65. The zero-order chi connectivity index (χ0) is 19.7. The maximum Gasteiger partial charge on any atom is 0.313 e. The number of nitrogens with one attached hydrogen (secondary N) is 1. The lowest BCUT2D eigenvalue weighted by Gasteiger charge is -2.55. The van der Waals surface area contributed by atoms with Gasteiger partial charge in [-0.3, -0.25) is 9.59 Å². The van der Waals surface area contributed by atoms with Crippen LogP contribution in [0.1, 0.15) is 50.5 Å². The van der Waals surface area contributed by atoms with E-state index in [2.05, 4.69) is 5.32 Å². The first-order chi connectivity index (χ1) is 13.5. The molecule has 1 aromatic carbocycles. The maximum absolute atomic E-state index is 12.9. The van der Waals surface area contributed by atoms with Gasteiger partial charge >= 0.3 is 5.97 Å². The number of carbonyl (C=O) groups excluding carboxylic acids is 2. The van der Waals surface area contributed by atoms with Crippen LogP contribution < -0.4 is 14.8 Å². The van der Waals surface area contributed by atoms with E-state index in [9.17, 15) is 9.59 Å². The van der Waals surface area contributed by atoms with Crippen molar-refractivity contribution >= 4 is 11.9 Å². The van der Waals surface area contributed by atoms with Gasteiger partial charge < -0.3 is 14.8 Å². The summed E-state index contributed by atoms with van der Waals surface area (Å²) in [6.45, 7) is 0.276. The highest BCUT2D eigenvalue weighted by Gasteiger charge is 2.54. The number of carbonyl (C=O) groups is 2. The van der Waals surface area contributed by atoms with Gasteiger partial charge in [-0.05, 0) is 68.4 Å². The van der Waals surface area contributed by atoms with E-state index in [1.165, 1.54) is 32.4 Å². The summed E-state index contributed by atoms with van der Waals surface area (Å²) in [5.74, 6) is 2.44. The van der Waals surface area contributed by atoms with Crippen molar-refractivity contribution < 1.29 is 19.1 Å². The second-order valence-electron chi connectivity index (χ2n) is 8.66. The van der Waals surface area contributed by atoms with E-state index < -0.39 is 5.97 Å². The lowest BCUT2D eigenvalue weighted by molar-refractivity contribution is -0.146. The number of hydrogen-bond donors (Lipinski definition) is 1. The summed E-state index contributed by atoms with van der Waals surface area (Å²) in [7, 11) is 1.46. The van der Waals surface area contributed by atoms with Crippen molar-refractivity contribution in [2.24, 2.45) is 23.2 Å². The van der Waals surface area contributed by atoms with Crippen LogP contribution in [0.3, 0.4) is 0 Å². The number of nitrogens with zero attached hydrogens (tertiary/aromatic N) is 1. The van der Waals surface area contributed by atoms with Crippen molar-refractivity contribution in [2.45, 2.75) is 44.9 Å². The monoisotopic (exact) mass is 382 g/mol. The number of methoxy groups -OCH3 is 1. The van der Waals surface area contributed by atoms with Crippen molar-refractivity contribution in [3.8, 4) is 17.6 Å². The van der Waals surface area contributed by atoms with E-state index in [-0.39, 0.29) is 30.0 Å². The Hall–Kier alpha value is -2.55. The number of amides is 1. The summed E-state index contributed by atoms with van der Waals surface area (Å²) in [5, 5.41) is 11.9. The largest absolute Gasteiger partial charge is 0.493 e. The Morgan fingerprint density at radius 1 is 1.14 bits per heavy atom. The van der Waals surface area contributed by atoms with Crippen molar-refractivity contribution in [1.29, 1.82) is 5.26 Å². The van der Waals surface area contributed by atoms with Crippen LogP contribution in [0.15, 0.2) is 18.2 Å². The van der Waals surface area contributed by atoms with Crippen molar-refractivity contribution in [2.75, 3.05) is 13.7 Å². The quantitative estimate of drug-likeness (QED) is 0.603. The molecule has 0 heterocycles. The lowest BCUT2D eigenvalue weighted by atomic mass is 9.49. The molecule has 4 fully saturated rings. The predicted molar refractivity (Wildman–Crippen MR) is 102 cm³/mol. The SMILES string of the molecule is COc1cc(C#N)ccc1OC(=O)CCNC(=O)C12CC3CC(CC(C3)C1)C2. The molecule has 0 unspecified atom stereocenters. The fourth-order valence-corrected chi connectivity index (χ4v) is 5.85. The van der Waals surface area contributed by atoms with E-state index in [4.69, 9.17) is 14.7 Å². The molecule has 0 aromatic heterocycles. The summed E-state index contributed by atoms with van der Waals surface area (Å²) >= 11 is 0. The van der Waals surface area contributed by atoms with Crippen LogP contribution in [-0.4, -0.2) is 25.5 Å². The van der Waals surface area contributed by atoms with E-state index in [1.807, 2.05) is 6.07 Å². The topological polar surface area (TPSA) is 88.4 Å². The molecule has 148 valence electrons. The molecule has 1 aromatic rings. The molecule has 6 nitrogen and oxygen atoms in total. The van der Waals surface area contributed by atoms with Gasteiger partial charge in [0, 0.05) is 18.0 Å². The molecule has 28 heavy (non-hydrogen) atoms. The number of ether oxygens (including phenoxy) is 2. The minimum absolute atomic E-state index is 0.0985. The molecule has 0 saturated heterocycles. The zero-order valence-corrected chi connectivity index (χ0v) is 16.2. The summed E-state index contributed by atoms with van der Waals surface area (Å²) in [6.07, 6.45) is 7.02. The second kappa shape index (κ2) is 7.46. The summed E-state index contributed by atoms with van der Waals surface area (Å²) in [5.41, 5.74) is 0.231. The predicted octanol–water partition coefficient (Wildman–Crippen LogP) is 3.19. The molecule has 0 spiro atoms. The van der Waals surface area contributed by atoms with Gasteiger partial charge in [0.1, 0.15) is 0 Å². The van der Waals surface area contributed by atoms with Crippen LogP contribution in [0.2, 0.25) is 0 Å². The van der Waals surface area contributed by atoms with E-state index in [1.54, 1.807) is 12.1 Å². The first-order valence-electron chi connectivity index (χ1n) is 10.1. The van der Waals surface area contributed by atoms with Crippen LogP contribution in [-0.2, 0) is 9.59 Å². The molecular formula is C22H26N2O4.